The number of carbonyl (C=O) groups excluding carboxylic acids is 1. The number of aryl methyl sites for hydroxylation is 2. The van der Waals surface area contributed by atoms with Gasteiger partial charge in [0.05, 0.1) is 6.54 Å². The minimum Gasteiger partial charge on any atom is -0.351 e. The van der Waals surface area contributed by atoms with Crippen LogP contribution in [0, 0.1) is 6.92 Å². The number of likely N-dealkylation sites (N-methyl/N-ethyl adjacent to an activating group) is 1. The summed E-state index contributed by atoms with van der Waals surface area (Å²) in [6.45, 7) is 3.11. The lowest BCUT2D eigenvalue weighted by Crippen LogP contribution is -2.36. The van der Waals surface area contributed by atoms with Crippen LogP contribution in [0.4, 0.5) is 0 Å². The summed E-state index contributed by atoms with van der Waals surface area (Å²) in [4.78, 5) is 14.4. The van der Waals surface area contributed by atoms with E-state index in [2.05, 4.69) is 53.5 Å². The predicted molar refractivity (Wildman–Crippen MR) is 93.2 cm³/mol. The molecular formula is C20H24N2O. The van der Waals surface area contributed by atoms with Crippen molar-refractivity contribution < 1.29 is 4.79 Å². The Kier molecular flexibility index (Phi) is 4.77. The van der Waals surface area contributed by atoms with Gasteiger partial charge in [0.15, 0.2) is 0 Å². The molecule has 1 N–H and O–H groups in total. The number of benzene rings is 2. The van der Waals surface area contributed by atoms with Crippen LogP contribution >= 0.6 is 0 Å². The molecule has 3 heteroatoms. The Morgan fingerprint density at radius 2 is 1.91 bits per heavy atom. The zero-order valence-corrected chi connectivity index (χ0v) is 13.9. The molecule has 0 aliphatic heterocycles. The summed E-state index contributed by atoms with van der Waals surface area (Å²) in [6, 6.07) is 17.1. The number of hydrogen-bond donors (Lipinski definition) is 1. The first-order valence-corrected chi connectivity index (χ1v) is 8.24. The summed E-state index contributed by atoms with van der Waals surface area (Å²) in [5.74, 6) is 0.0835. The third-order valence-electron chi connectivity index (χ3n) is 4.76. The fourth-order valence-electron chi connectivity index (χ4n) is 3.39. The van der Waals surface area contributed by atoms with Gasteiger partial charge in [-0.2, -0.15) is 0 Å². The van der Waals surface area contributed by atoms with Gasteiger partial charge in [-0.15, -0.1) is 0 Å². The second-order valence-corrected chi connectivity index (χ2v) is 6.37. The highest BCUT2D eigenvalue weighted by molar-refractivity contribution is 5.78. The molecule has 0 aromatic heterocycles. The van der Waals surface area contributed by atoms with Crippen LogP contribution in [0.15, 0.2) is 48.5 Å². The van der Waals surface area contributed by atoms with Crippen LogP contribution in [-0.4, -0.2) is 24.4 Å². The number of rotatable bonds is 5. The van der Waals surface area contributed by atoms with Crippen LogP contribution in [-0.2, 0) is 17.8 Å². The van der Waals surface area contributed by atoms with E-state index >= 15 is 0 Å². The molecule has 1 aliphatic rings. The van der Waals surface area contributed by atoms with Gasteiger partial charge in [-0.1, -0.05) is 48.5 Å². The van der Waals surface area contributed by atoms with Crippen molar-refractivity contribution >= 4 is 5.91 Å². The maximum absolute atomic E-state index is 12.3. The van der Waals surface area contributed by atoms with E-state index in [0.29, 0.717) is 19.1 Å². The minimum atomic E-state index is 0.0835. The van der Waals surface area contributed by atoms with E-state index in [9.17, 15) is 4.79 Å². The van der Waals surface area contributed by atoms with Gasteiger partial charge in [-0.3, -0.25) is 9.69 Å². The van der Waals surface area contributed by atoms with Crippen LogP contribution in [0.3, 0.4) is 0 Å². The third-order valence-corrected chi connectivity index (χ3v) is 4.76. The maximum Gasteiger partial charge on any atom is 0.234 e. The second kappa shape index (κ2) is 6.97. The van der Waals surface area contributed by atoms with E-state index in [-0.39, 0.29) is 5.91 Å². The van der Waals surface area contributed by atoms with E-state index in [1.165, 1.54) is 22.3 Å². The molecule has 0 bridgehead atoms. The molecule has 1 aliphatic carbocycles. The Bertz CT molecular complexity index is 696. The van der Waals surface area contributed by atoms with Gasteiger partial charge in [0.2, 0.25) is 5.91 Å². The highest BCUT2D eigenvalue weighted by Gasteiger charge is 2.26. The molecule has 1 atom stereocenters. The normalized spacial score (nSPS) is 16.4. The molecule has 120 valence electrons. The van der Waals surface area contributed by atoms with Crippen molar-refractivity contribution in [2.45, 2.75) is 32.4 Å². The Morgan fingerprint density at radius 1 is 1.17 bits per heavy atom. The minimum absolute atomic E-state index is 0.0835. The lowest BCUT2D eigenvalue weighted by atomic mass is 10.1. The summed E-state index contributed by atoms with van der Waals surface area (Å²) in [7, 11) is 2.04. The van der Waals surface area contributed by atoms with Gasteiger partial charge in [0.1, 0.15) is 0 Å². The largest absolute Gasteiger partial charge is 0.351 e. The van der Waals surface area contributed by atoms with Gasteiger partial charge in [0, 0.05) is 12.6 Å². The van der Waals surface area contributed by atoms with Crippen LogP contribution in [0.5, 0.6) is 0 Å². The second-order valence-electron chi connectivity index (χ2n) is 6.37. The average molecular weight is 308 g/mol. The van der Waals surface area contributed by atoms with Crippen molar-refractivity contribution in [1.82, 2.24) is 10.2 Å². The topological polar surface area (TPSA) is 32.3 Å². The Balaban J connectivity index is 1.55. The fourth-order valence-corrected chi connectivity index (χ4v) is 3.39. The molecule has 1 amide bonds. The average Bonchev–Trinajstić information content (AvgIpc) is 2.98. The number of fused-ring (bicyclic) bond motifs is 1. The van der Waals surface area contributed by atoms with Crippen LogP contribution in [0.25, 0.3) is 0 Å². The zero-order chi connectivity index (χ0) is 16.2. The summed E-state index contributed by atoms with van der Waals surface area (Å²) in [5, 5.41) is 3.04. The molecule has 3 nitrogen and oxygen atoms in total. The van der Waals surface area contributed by atoms with E-state index in [4.69, 9.17) is 0 Å². The highest BCUT2D eigenvalue weighted by atomic mass is 16.2. The first-order chi connectivity index (χ1) is 11.1. The Labute approximate surface area is 138 Å². The van der Waals surface area contributed by atoms with Crippen molar-refractivity contribution in [3.05, 3.63) is 70.8 Å². The molecule has 1 unspecified atom stereocenters. The Morgan fingerprint density at radius 3 is 2.74 bits per heavy atom. The lowest BCUT2D eigenvalue weighted by Gasteiger charge is -2.24. The quantitative estimate of drug-likeness (QED) is 0.920. The molecule has 0 heterocycles. The molecule has 0 spiro atoms. The van der Waals surface area contributed by atoms with Crippen LogP contribution in [0.1, 0.15) is 34.7 Å². The SMILES string of the molecule is Cc1ccccc1CNC(=O)CN(C)C1CCc2ccccc21. The monoisotopic (exact) mass is 308 g/mol. The van der Waals surface area contributed by atoms with Crippen LogP contribution < -0.4 is 5.32 Å². The number of nitrogens with one attached hydrogen (secondary N) is 1. The molecule has 3 rings (SSSR count). The van der Waals surface area contributed by atoms with Crippen molar-refractivity contribution in [3.63, 3.8) is 0 Å². The third kappa shape index (κ3) is 3.62. The van der Waals surface area contributed by atoms with E-state index in [0.717, 1.165) is 12.8 Å². The standard InChI is InChI=1S/C20H24N2O/c1-15-7-3-4-9-17(15)13-21-20(23)14-22(2)19-12-11-16-8-5-6-10-18(16)19/h3-10,19H,11-14H2,1-2H3,(H,21,23). The van der Waals surface area contributed by atoms with Gasteiger partial charge < -0.3 is 5.32 Å². The number of carbonyl (C=O) groups is 1. The number of nitrogens with zero attached hydrogens (tertiary/aromatic N) is 1. The van der Waals surface area contributed by atoms with Gasteiger partial charge >= 0.3 is 0 Å². The van der Waals surface area contributed by atoms with Crippen molar-refractivity contribution in [2.24, 2.45) is 0 Å². The summed E-state index contributed by atoms with van der Waals surface area (Å²) < 4.78 is 0. The van der Waals surface area contributed by atoms with Crippen molar-refractivity contribution in [3.8, 4) is 0 Å². The first-order valence-electron chi connectivity index (χ1n) is 8.24. The molecule has 2 aromatic carbocycles. The summed E-state index contributed by atoms with van der Waals surface area (Å²) in [6.07, 6.45) is 2.21. The fraction of sp³-hybridized carbons (Fsp3) is 0.350. The predicted octanol–water partition coefficient (Wildman–Crippen LogP) is 3.23. The Hall–Kier alpha value is -2.13. The molecule has 0 saturated heterocycles. The summed E-state index contributed by atoms with van der Waals surface area (Å²) >= 11 is 0. The first kappa shape index (κ1) is 15.8. The molecule has 2 aromatic rings. The molecule has 23 heavy (non-hydrogen) atoms. The molecule has 0 fully saturated rings. The zero-order valence-electron chi connectivity index (χ0n) is 13.9. The van der Waals surface area contributed by atoms with Crippen LogP contribution in [0.2, 0.25) is 0 Å². The van der Waals surface area contributed by atoms with E-state index in [1.54, 1.807) is 0 Å². The number of hydrogen-bond acceptors (Lipinski definition) is 2. The van der Waals surface area contributed by atoms with Gasteiger partial charge in [-0.25, -0.2) is 0 Å². The van der Waals surface area contributed by atoms with Gasteiger partial charge in [0.25, 0.3) is 0 Å². The highest BCUT2D eigenvalue weighted by Crippen LogP contribution is 2.34. The molecule has 0 saturated carbocycles. The van der Waals surface area contributed by atoms with Gasteiger partial charge in [-0.05, 0) is 49.1 Å². The van der Waals surface area contributed by atoms with E-state index in [1.807, 2.05) is 19.2 Å². The molecular weight excluding hydrogens is 284 g/mol. The smallest absolute Gasteiger partial charge is 0.234 e. The van der Waals surface area contributed by atoms with Crippen molar-refractivity contribution in [2.75, 3.05) is 13.6 Å². The van der Waals surface area contributed by atoms with Crippen molar-refractivity contribution in [1.29, 1.82) is 0 Å². The molecule has 0 radical (unpaired) electrons. The van der Waals surface area contributed by atoms with E-state index < -0.39 is 0 Å². The maximum atomic E-state index is 12.3. The lowest BCUT2D eigenvalue weighted by molar-refractivity contribution is -0.122. The summed E-state index contributed by atoms with van der Waals surface area (Å²) in [5.41, 5.74) is 5.19. The number of amides is 1.